The molecule has 104 valence electrons. The predicted octanol–water partition coefficient (Wildman–Crippen LogP) is 2.08. The Morgan fingerprint density at radius 2 is 2.05 bits per heavy atom. The number of amides is 1. The number of nitrogens with zero attached hydrogens (tertiary/aromatic N) is 1. The van der Waals surface area contributed by atoms with E-state index >= 15 is 0 Å². The fraction of sp³-hybridized carbons (Fsp3) is 0.533. The third kappa shape index (κ3) is 3.07. The summed E-state index contributed by atoms with van der Waals surface area (Å²) in [5.41, 5.74) is 0.359. The highest BCUT2D eigenvalue weighted by atomic mass is 16.3. The number of phenolic OH excluding ortho intramolecular Hbond substituents is 1. The minimum Gasteiger partial charge on any atom is -0.507 e. The standard InChI is InChI=1S/C15H21NO3/c1-11-5-3-6-12(13(11)17)14(18)16-9-4-7-15(2,19)8-10-16/h3,5-6,17,19H,4,7-10H2,1-2H3. The van der Waals surface area contributed by atoms with Crippen LogP contribution < -0.4 is 0 Å². The van der Waals surface area contributed by atoms with E-state index in [4.69, 9.17) is 0 Å². The fourth-order valence-corrected chi connectivity index (χ4v) is 2.47. The summed E-state index contributed by atoms with van der Waals surface area (Å²) in [5, 5.41) is 20.0. The molecule has 1 heterocycles. The van der Waals surface area contributed by atoms with Crippen LogP contribution in [0.2, 0.25) is 0 Å². The van der Waals surface area contributed by atoms with Crippen LogP contribution in [0, 0.1) is 6.92 Å². The van der Waals surface area contributed by atoms with E-state index in [2.05, 4.69) is 0 Å². The first-order valence-electron chi connectivity index (χ1n) is 6.71. The molecule has 4 heteroatoms. The maximum absolute atomic E-state index is 12.4. The third-order valence-electron chi connectivity index (χ3n) is 3.82. The van der Waals surface area contributed by atoms with Crippen molar-refractivity contribution < 1.29 is 15.0 Å². The number of hydrogen-bond acceptors (Lipinski definition) is 3. The van der Waals surface area contributed by atoms with Crippen LogP contribution in [-0.2, 0) is 0 Å². The van der Waals surface area contributed by atoms with Gasteiger partial charge in [0, 0.05) is 13.1 Å². The Bertz CT molecular complexity index is 482. The number of hydrogen-bond donors (Lipinski definition) is 2. The molecule has 2 N–H and O–H groups in total. The van der Waals surface area contributed by atoms with Crippen molar-refractivity contribution in [2.45, 2.75) is 38.7 Å². The summed E-state index contributed by atoms with van der Waals surface area (Å²) >= 11 is 0. The van der Waals surface area contributed by atoms with E-state index in [1.165, 1.54) is 0 Å². The Hall–Kier alpha value is -1.55. The molecule has 1 fully saturated rings. The highest BCUT2D eigenvalue weighted by Gasteiger charge is 2.28. The number of phenols is 1. The largest absolute Gasteiger partial charge is 0.507 e. The van der Waals surface area contributed by atoms with Crippen LogP contribution in [-0.4, -0.2) is 39.7 Å². The molecule has 1 aliphatic rings. The van der Waals surface area contributed by atoms with Crippen LogP contribution in [0.5, 0.6) is 5.75 Å². The first kappa shape index (κ1) is 13.9. The van der Waals surface area contributed by atoms with Gasteiger partial charge in [-0.05, 0) is 44.7 Å². The van der Waals surface area contributed by atoms with E-state index < -0.39 is 5.60 Å². The number of rotatable bonds is 1. The van der Waals surface area contributed by atoms with Crippen LogP contribution in [0.15, 0.2) is 18.2 Å². The van der Waals surface area contributed by atoms with Gasteiger partial charge in [0.2, 0.25) is 0 Å². The topological polar surface area (TPSA) is 60.8 Å². The van der Waals surface area contributed by atoms with E-state index in [1.54, 1.807) is 30.0 Å². The Kier molecular flexibility index (Phi) is 3.80. The van der Waals surface area contributed by atoms with Crippen molar-refractivity contribution in [1.82, 2.24) is 4.90 Å². The van der Waals surface area contributed by atoms with Gasteiger partial charge in [-0.15, -0.1) is 0 Å². The van der Waals surface area contributed by atoms with Crippen molar-refractivity contribution in [3.05, 3.63) is 29.3 Å². The molecule has 0 spiro atoms. The number of likely N-dealkylation sites (tertiary alicyclic amines) is 1. The van der Waals surface area contributed by atoms with Crippen LogP contribution in [0.1, 0.15) is 42.1 Å². The summed E-state index contributed by atoms with van der Waals surface area (Å²) in [5.74, 6) is -0.0950. The molecule has 1 aliphatic heterocycles. The molecule has 1 aromatic rings. The van der Waals surface area contributed by atoms with Gasteiger partial charge in [-0.2, -0.15) is 0 Å². The van der Waals surface area contributed by atoms with Gasteiger partial charge < -0.3 is 15.1 Å². The molecule has 0 aliphatic carbocycles. The maximum atomic E-state index is 12.4. The van der Waals surface area contributed by atoms with Gasteiger partial charge in [-0.25, -0.2) is 0 Å². The van der Waals surface area contributed by atoms with Crippen molar-refractivity contribution >= 4 is 5.91 Å². The minimum absolute atomic E-state index is 0.0588. The molecule has 0 aromatic heterocycles. The molecule has 1 amide bonds. The number of carbonyl (C=O) groups excluding carboxylic acids is 1. The maximum Gasteiger partial charge on any atom is 0.257 e. The predicted molar refractivity (Wildman–Crippen MR) is 73.2 cm³/mol. The molecule has 0 saturated carbocycles. The highest BCUT2D eigenvalue weighted by Crippen LogP contribution is 2.26. The molecule has 19 heavy (non-hydrogen) atoms. The quantitative estimate of drug-likeness (QED) is 0.815. The average molecular weight is 263 g/mol. The Morgan fingerprint density at radius 1 is 1.32 bits per heavy atom. The molecular formula is C15H21NO3. The number of carbonyl (C=O) groups is 1. The van der Waals surface area contributed by atoms with Gasteiger partial charge in [0.05, 0.1) is 11.2 Å². The van der Waals surface area contributed by atoms with Crippen molar-refractivity contribution in [1.29, 1.82) is 0 Å². The van der Waals surface area contributed by atoms with Gasteiger partial charge in [0.1, 0.15) is 5.75 Å². The SMILES string of the molecule is Cc1cccc(C(=O)N2CCCC(C)(O)CC2)c1O. The second kappa shape index (κ2) is 5.21. The lowest BCUT2D eigenvalue weighted by Gasteiger charge is -2.23. The average Bonchev–Trinajstić information content (AvgIpc) is 2.53. The van der Waals surface area contributed by atoms with E-state index in [-0.39, 0.29) is 11.7 Å². The number of aryl methyl sites for hydroxylation is 1. The molecule has 1 atom stereocenters. The number of aromatic hydroxyl groups is 1. The van der Waals surface area contributed by atoms with E-state index in [0.717, 1.165) is 6.42 Å². The molecule has 0 bridgehead atoms. The van der Waals surface area contributed by atoms with Crippen molar-refractivity contribution in [2.75, 3.05) is 13.1 Å². The lowest BCUT2D eigenvalue weighted by Crippen LogP contribution is -2.33. The zero-order valence-electron chi connectivity index (χ0n) is 11.5. The number of benzene rings is 1. The summed E-state index contributed by atoms with van der Waals surface area (Å²) in [4.78, 5) is 14.1. The Morgan fingerprint density at radius 3 is 2.79 bits per heavy atom. The van der Waals surface area contributed by atoms with Gasteiger partial charge in [-0.3, -0.25) is 4.79 Å². The van der Waals surface area contributed by atoms with Crippen LogP contribution in [0.25, 0.3) is 0 Å². The zero-order chi connectivity index (χ0) is 14.0. The molecule has 1 saturated heterocycles. The Balaban J connectivity index is 2.18. The van der Waals surface area contributed by atoms with Gasteiger partial charge in [-0.1, -0.05) is 12.1 Å². The minimum atomic E-state index is -0.691. The summed E-state index contributed by atoms with van der Waals surface area (Å²) in [7, 11) is 0. The zero-order valence-corrected chi connectivity index (χ0v) is 11.5. The van der Waals surface area contributed by atoms with Crippen molar-refractivity contribution in [3.8, 4) is 5.75 Å². The second-order valence-electron chi connectivity index (χ2n) is 5.61. The number of aliphatic hydroxyl groups is 1. The van der Waals surface area contributed by atoms with Gasteiger partial charge >= 0.3 is 0 Å². The molecule has 0 radical (unpaired) electrons. The van der Waals surface area contributed by atoms with Gasteiger partial charge in [0.15, 0.2) is 0 Å². The molecule has 1 unspecified atom stereocenters. The number of para-hydroxylation sites is 1. The first-order chi connectivity index (χ1) is 8.91. The fourth-order valence-electron chi connectivity index (χ4n) is 2.47. The van der Waals surface area contributed by atoms with Crippen molar-refractivity contribution in [2.24, 2.45) is 0 Å². The van der Waals surface area contributed by atoms with Crippen LogP contribution in [0.4, 0.5) is 0 Å². The monoisotopic (exact) mass is 263 g/mol. The molecule has 2 rings (SSSR count). The van der Waals surface area contributed by atoms with Gasteiger partial charge in [0.25, 0.3) is 5.91 Å². The lowest BCUT2D eigenvalue weighted by atomic mass is 9.98. The van der Waals surface area contributed by atoms with E-state index in [9.17, 15) is 15.0 Å². The second-order valence-corrected chi connectivity index (χ2v) is 5.61. The van der Waals surface area contributed by atoms with Crippen LogP contribution in [0.3, 0.4) is 0 Å². The summed E-state index contributed by atoms with van der Waals surface area (Å²) in [6.45, 7) is 4.74. The summed E-state index contributed by atoms with van der Waals surface area (Å²) in [6, 6.07) is 5.20. The molecular weight excluding hydrogens is 242 g/mol. The lowest BCUT2D eigenvalue weighted by molar-refractivity contribution is 0.0437. The molecule has 1 aromatic carbocycles. The smallest absolute Gasteiger partial charge is 0.257 e. The normalized spacial score (nSPS) is 24.1. The first-order valence-corrected chi connectivity index (χ1v) is 6.71. The summed E-state index contributed by atoms with van der Waals surface area (Å²) < 4.78 is 0. The Labute approximate surface area is 113 Å². The summed E-state index contributed by atoms with van der Waals surface area (Å²) in [6.07, 6.45) is 2.06. The third-order valence-corrected chi connectivity index (χ3v) is 3.82. The van der Waals surface area contributed by atoms with Crippen molar-refractivity contribution in [3.63, 3.8) is 0 Å². The van der Waals surface area contributed by atoms with Crippen LogP contribution >= 0.6 is 0 Å². The molecule has 4 nitrogen and oxygen atoms in total. The van der Waals surface area contributed by atoms with E-state index in [0.29, 0.717) is 37.1 Å². The highest BCUT2D eigenvalue weighted by molar-refractivity contribution is 5.97. The van der Waals surface area contributed by atoms with E-state index in [1.807, 2.05) is 6.92 Å².